The van der Waals surface area contributed by atoms with Crippen molar-refractivity contribution in [2.24, 2.45) is 0 Å². The number of thiocarbonyl (C=S) groups is 1. The average molecular weight is 373 g/mol. The first kappa shape index (κ1) is 16.3. The SMILES string of the molecule is O=C(CN1C(=O)CSC1=S)N1CCS[C@H](c2cccs2)CC1. The van der Waals surface area contributed by atoms with Crippen LogP contribution in [0.2, 0.25) is 0 Å². The van der Waals surface area contributed by atoms with E-state index in [9.17, 15) is 9.59 Å². The molecular weight excluding hydrogens is 356 g/mol. The van der Waals surface area contributed by atoms with Crippen LogP contribution in [0.4, 0.5) is 0 Å². The lowest BCUT2D eigenvalue weighted by Gasteiger charge is -2.23. The lowest BCUT2D eigenvalue weighted by Crippen LogP contribution is -2.43. The Morgan fingerprint density at radius 1 is 1.41 bits per heavy atom. The predicted molar refractivity (Wildman–Crippen MR) is 97.5 cm³/mol. The minimum atomic E-state index is -0.0518. The van der Waals surface area contributed by atoms with Crippen LogP contribution in [-0.2, 0) is 9.59 Å². The Kier molecular flexibility index (Phi) is 5.43. The molecule has 22 heavy (non-hydrogen) atoms. The minimum Gasteiger partial charge on any atom is -0.340 e. The Bertz CT molecular complexity index is 559. The van der Waals surface area contributed by atoms with Crippen molar-refractivity contribution in [1.82, 2.24) is 9.80 Å². The van der Waals surface area contributed by atoms with Gasteiger partial charge >= 0.3 is 0 Å². The molecule has 2 aliphatic rings. The van der Waals surface area contributed by atoms with Crippen molar-refractivity contribution < 1.29 is 9.59 Å². The van der Waals surface area contributed by atoms with Gasteiger partial charge in [-0.25, -0.2) is 0 Å². The number of hydrogen-bond donors (Lipinski definition) is 0. The zero-order valence-electron chi connectivity index (χ0n) is 11.9. The van der Waals surface area contributed by atoms with Crippen LogP contribution in [0.25, 0.3) is 0 Å². The number of amides is 2. The molecule has 0 bridgehead atoms. The largest absolute Gasteiger partial charge is 0.340 e. The predicted octanol–water partition coefficient (Wildman–Crippen LogP) is 2.62. The van der Waals surface area contributed by atoms with E-state index in [1.165, 1.54) is 21.5 Å². The number of rotatable bonds is 3. The summed E-state index contributed by atoms with van der Waals surface area (Å²) in [6, 6.07) is 4.24. The van der Waals surface area contributed by atoms with Crippen molar-refractivity contribution in [1.29, 1.82) is 0 Å². The fourth-order valence-electron chi connectivity index (χ4n) is 2.49. The van der Waals surface area contributed by atoms with Gasteiger partial charge in [-0.05, 0) is 17.9 Å². The van der Waals surface area contributed by atoms with Crippen molar-refractivity contribution in [3.63, 3.8) is 0 Å². The monoisotopic (exact) mass is 372 g/mol. The van der Waals surface area contributed by atoms with E-state index in [-0.39, 0.29) is 18.4 Å². The Morgan fingerprint density at radius 2 is 2.27 bits per heavy atom. The van der Waals surface area contributed by atoms with Crippen LogP contribution in [0, 0.1) is 0 Å². The molecule has 0 saturated carbocycles. The molecular formula is C14H16N2O2S4. The van der Waals surface area contributed by atoms with Crippen molar-refractivity contribution in [3.8, 4) is 0 Å². The Balaban J connectivity index is 1.57. The molecule has 8 heteroatoms. The molecule has 0 N–H and O–H groups in total. The van der Waals surface area contributed by atoms with Gasteiger partial charge in [0.1, 0.15) is 10.9 Å². The molecule has 3 rings (SSSR count). The van der Waals surface area contributed by atoms with Crippen LogP contribution >= 0.6 is 47.1 Å². The second-order valence-electron chi connectivity index (χ2n) is 5.08. The number of nitrogens with zero attached hydrogens (tertiary/aromatic N) is 2. The van der Waals surface area contributed by atoms with Crippen LogP contribution in [0.3, 0.4) is 0 Å². The second-order valence-corrected chi connectivity index (χ2v) is 8.98. The van der Waals surface area contributed by atoms with Gasteiger partial charge in [0.2, 0.25) is 11.8 Å². The van der Waals surface area contributed by atoms with E-state index in [0.29, 0.717) is 15.3 Å². The quantitative estimate of drug-likeness (QED) is 0.763. The maximum Gasteiger partial charge on any atom is 0.242 e. The van der Waals surface area contributed by atoms with E-state index in [1.807, 2.05) is 16.7 Å². The molecule has 0 spiro atoms. The lowest BCUT2D eigenvalue weighted by atomic mass is 10.2. The fraction of sp³-hybridized carbons (Fsp3) is 0.500. The summed E-state index contributed by atoms with van der Waals surface area (Å²) in [6.45, 7) is 1.59. The van der Waals surface area contributed by atoms with E-state index in [1.54, 1.807) is 11.3 Å². The molecule has 0 unspecified atom stereocenters. The van der Waals surface area contributed by atoms with Gasteiger partial charge in [0, 0.05) is 29.0 Å². The fourth-order valence-corrected chi connectivity index (χ4v) is 5.80. The van der Waals surface area contributed by atoms with Gasteiger partial charge in [0.25, 0.3) is 0 Å². The van der Waals surface area contributed by atoms with Crippen molar-refractivity contribution >= 4 is 63.2 Å². The van der Waals surface area contributed by atoms with Gasteiger partial charge in [0.05, 0.1) is 5.75 Å². The smallest absolute Gasteiger partial charge is 0.242 e. The molecule has 2 saturated heterocycles. The van der Waals surface area contributed by atoms with Crippen LogP contribution in [0.1, 0.15) is 16.5 Å². The Hall–Kier alpha value is -0.570. The third-order valence-corrected chi connectivity index (χ3v) is 7.57. The zero-order valence-corrected chi connectivity index (χ0v) is 15.2. The molecule has 0 aliphatic carbocycles. The lowest BCUT2D eigenvalue weighted by molar-refractivity contribution is -0.135. The molecule has 1 aromatic heterocycles. The summed E-state index contributed by atoms with van der Waals surface area (Å²) < 4.78 is 0.527. The maximum absolute atomic E-state index is 12.4. The van der Waals surface area contributed by atoms with E-state index in [2.05, 4.69) is 17.5 Å². The molecule has 2 fully saturated rings. The van der Waals surface area contributed by atoms with Crippen molar-refractivity contribution in [3.05, 3.63) is 22.4 Å². The van der Waals surface area contributed by atoms with Gasteiger partial charge in [-0.1, -0.05) is 30.0 Å². The Labute approximate surface area is 147 Å². The summed E-state index contributed by atoms with van der Waals surface area (Å²) in [7, 11) is 0. The molecule has 3 heterocycles. The third-order valence-electron chi connectivity index (χ3n) is 3.69. The van der Waals surface area contributed by atoms with Crippen molar-refractivity contribution in [2.45, 2.75) is 11.7 Å². The standard InChI is InChI=1S/C14H16N2O2S4/c17-12(8-16-13(18)9-22-14(16)19)15-4-3-11(21-7-5-15)10-2-1-6-20-10/h1-2,6,11H,3-5,7-9H2/t11-/m0/s1. The summed E-state index contributed by atoms with van der Waals surface area (Å²) in [4.78, 5) is 28.9. The summed E-state index contributed by atoms with van der Waals surface area (Å²) in [5.74, 6) is 1.25. The normalized spacial score (nSPS) is 23.0. The third kappa shape index (κ3) is 3.67. The minimum absolute atomic E-state index is 0.00521. The molecule has 0 aromatic carbocycles. The summed E-state index contributed by atoms with van der Waals surface area (Å²) in [5.41, 5.74) is 0. The molecule has 4 nitrogen and oxygen atoms in total. The molecule has 2 aliphatic heterocycles. The second kappa shape index (κ2) is 7.33. The van der Waals surface area contributed by atoms with Crippen LogP contribution in [-0.4, -0.2) is 57.1 Å². The topological polar surface area (TPSA) is 40.6 Å². The van der Waals surface area contributed by atoms with E-state index in [0.717, 1.165) is 25.3 Å². The molecule has 1 aromatic rings. The number of thiophene rings is 1. The van der Waals surface area contributed by atoms with Gasteiger partial charge in [0.15, 0.2) is 0 Å². The summed E-state index contributed by atoms with van der Waals surface area (Å²) in [6.07, 6.45) is 0.962. The average Bonchev–Trinajstić information content (AvgIpc) is 3.06. The highest BCUT2D eigenvalue weighted by Gasteiger charge is 2.30. The maximum atomic E-state index is 12.4. The first-order valence-electron chi connectivity index (χ1n) is 7.05. The van der Waals surface area contributed by atoms with Crippen LogP contribution in [0.5, 0.6) is 0 Å². The highest BCUT2D eigenvalue weighted by Crippen LogP contribution is 2.36. The van der Waals surface area contributed by atoms with Crippen LogP contribution in [0.15, 0.2) is 17.5 Å². The van der Waals surface area contributed by atoms with Gasteiger partial charge in [-0.15, -0.1) is 11.3 Å². The molecule has 1 atom stereocenters. The molecule has 0 radical (unpaired) electrons. The number of hydrogen-bond acceptors (Lipinski definition) is 6. The van der Waals surface area contributed by atoms with Crippen molar-refractivity contribution in [2.75, 3.05) is 31.1 Å². The number of carbonyl (C=O) groups excluding carboxylic acids is 2. The number of carbonyl (C=O) groups is 2. The van der Waals surface area contributed by atoms with Gasteiger partial charge in [-0.2, -0.15) is 11.8 Å². The van der Waals surface area contributed by atoms with Crippen LogP contribution < -0.4 is 0 Å². The van der Waals surface area contributed by atoms with Gasteiger partial charge < -0.3 is 4.90 Å². The molecule has 2 amide bonds. The summed E-state index contributed by atoms with van der Waals surface area (Å²) >= 11 is 10.2. The van der Waals surface area contributed by atoms with E-state index in [4.69, 9.17) is 12.2 Å². The van der Waals surface area contributed by atoms with E-state index < -0.39 is 0 Å². The highest BCUT2D eigenvalue weighted by molar-refractivity contribution is 8.23. The first-order chi connectivity index (χ1) is 10.6. The highest BCUT2D eigenvalue weighted by atomic mass is 32.2. The zero-order chi connectivity index (χ0) is 15.5. The summed E-state index contributed by atoms with van der Waals surface area (Å²) in [5, 5.41) is 2.57. The van der Waals surface area contributed by atoms with E-state index >= 15 is 0 Å². The Morgan fingerprint density at radius 3 is 2.95 bits per heavy atom. The molecule has 118 valence electrons. The number of thioether (sulfide) groups is 2. The van der Waals surface area contributed by atoms with Gasteiger partial charge in [-0.3, -0.25) is 14.5 Å². The first-order valence-corrected chi connectivity index (χ1v) is 10.4.